The van der Waals surface area contributed by atoms with Crippen LogP contribution in [-0.4, -0.2) is 11.7 Å². The lowest BCUT2D eigenvalue weighted by molar-refractivity contribution is 0.284. The first-order valence-corrected chi connectivity index (χ1v) is 6.38. The summed E-state index contributed by atoms with van der Waals surface area (Å²) in [6.07, 6.45) is 0. The molecular formula is C17H14F2O2. The first-order chi connectivity index (χ1) is 10.1. The highest BCUT2D eigenvalue weighted by molar-refractivity contribution is 5.37. The van der Waals surface area contributed by atoms with E-state index in [-0.39, 0.29) is 19.0 Å². The number of hydrogen-bond donors (Lipinski definition) is 1. The molecule has 0 bridgehead atoms. The summed E-state index contributed by atoms with van der Waals surface area (Å²) in [6.45, 7) is 1.29. The van der Waals surface area contributed by atoms with Gasteiger partial charge in [0.15, 0.2) is 11.6 Å². The van der Waals surface area contributed by atoms with Crippen LogP contribution < -0.4 is 4.74 Å². The van der Waals surface area contributed by atoms with Gasteiger partial charge in [0.1, 0.15) is 19.0 Å². The van der Waals surface area contributed by atoms with Crippen molar-refractivity contribution in [1.82, 2.24) is 0 Å². The van der Waals surface area contributed by atoms with Crippen LogP contribution in [0.3, 0.4) is 0 Å². The number of rotatable bonds is 3. The minimum atomic E-state index is -0.479. The molecule has 0 atom stereocenters. The fourth-order valence-electron chi connectivity index (χ4n) is 1.77. The van der Waals surface area contributed by atoms with E-state index in [4.69, 9.17) is 9.84 Å². The third kappa shape index (κ3) is 3.80. The molecule has 1 N–H and O–H groups in total. The quantitative estimate of drug-likeness (QED) is 0.879. The van der Waals surface area contributed by atoms with Crippen molar-refractivity contribution < 1.29 is 18.6 Å². The second kappa shape index (κ2) is 6.87. The Hall–Kier alpha value is -2.38. The summed E-state index contributed by atoms with van der Waals surface area (Å²) in [5, 5.41) is 8.59. The molecule has 2 aromatic rings. The number of aryl methyl sites for hydroxylation is 1. The summed E-state index contributed by atoms with van der Waals surface area (Å²) in [5.41, 5.74) is 1.25. The SMILES string of the molecule is Cc1cccc(OCc2ccc(C#CCO)cc2F)c1F. The Labute approximate surface area is 122 Å². The van der Waals surface area contributed by atoms with Crippen LogP contribution in [0.5, 0.6) is 5.75 Å². The van der Waals surface area contributed by atoms with E-state index < -0.39 is 11.6 Å². The molecule has 0 fully saturated rings. The molecule has 108 valence electrons. The lowest BCUT2D eigenvalue weighted by atomic mass is 10.1. The number of aliphatic hydroxyl groups is 1. The van der Waals surface area contributed by atoms with Crippen LogP contribution >= 0.6 is 0 Å². The van der Waals surface area contributed by atoms with Gasteiger partial charge in [0, 0.05) is 11.1 Å². The number of benzene rings is 2. The van der Waals surface area contributed by atoms with Gasteiger partial charge in [-0.2, -0.15) is 0 Å². The summed E-state index contributed by atoms with van der Waals surface area (Å²) in [6, 6.07) is 9.23. The van der Waals surface area contributed by atoms with Crippen LogP contribution in [0.4, 0.5) is 8.78 Å². The van der Waals surface area contributed by atoms with E-state index in [1.807, 2.05) is 0 Å². The van der Waals surface area contributed by atoms with Gasteiger partial charge in [0.05, 0.1) is 0 Å². The molecule has 0 radical (unpaired) electrons. The van der Waals surface area contributed by atoms with Gasteiger partial charge in [-0.1, -0.05) is 30.0 Å². The second-order valence-corrected chi connectivity index (χ2v) is 4.44. The van der Waals surface area contributed by atoms with Crippen LogP contribution in [0.1, 0.15) is 16.7 Å². The van der Waals surface area contributed by atoms with Crippen LogP contribution in [0.25, 0.3) is 0 Å². The highest BCUT2D eigenvalue weighted by atomic mass is 19.1. The van der Waals surface area contributed by atoms with Crippen molar-refractivity contribution in [3.05, 3.63) is 64.7 Å². The highest BCUT2D eigenvalue weighted by Crippen LogP contribution is 2.21. The Balaban J connectivity index is 2.12. The third-order valence-corrected chi connectivity index (χ3v) is 2.90. The molecule has 2 nitrogen and oxygen atoms in total. The molecule has 0 spiro atoms. The van der Waals surface area contributed by atoms with Crippen molar-refractivity contribution >= 4 is 0 Å². The maximum absolute atomic E-state index is 13.9. The molecule has 2 aromatic carbocycles. The topological polar surface area (TPSA) is 29.5 Å². The predicted octanol–water partition coefficient (Wildman–Crippen LogP) is 3.20. The lowest BCUT2D eigenvalue weighted by Crippen LogP contribution is -2.01. The highest BCUT2D eigenvalue weighted by Gasteiger charge is 2.08. The van der Waals surface area contributed by atoms with E-state index >= 15 is 0 Å². The number of halogens is 2. The zero-order valence-electron chi connectivity index (χ0n) is 11.5. The van der Waals surface area contributed by atoms with Crippen LogP contribution in [-0.2, 0) is 6.61 Å². The van der Waals surface area contributed by atoms with E-state index in [0.717, 1.165) is 0 Å². The Morgan fingerprint density at radius 3 is 2.71 bits per heavy atom. The van der Waals surface area contributed by atoms with Gasteiger partial charge in [-0.05, 0) is 30.7 Å². The Kier molecular flexibility index (Phi) is 4.91. The fourth-order valence-corrected chi connectivity index (χ4v) is 1.77. The smallest absolute Gasteiger partial charge is 0.167 e. The average molecular weight is 288 g/mol. The van der Waals surface area contributed by atoms with Crippen LogP contribution in [0.15, 0.2) is 36.4 Å². The number of ether oxygens (including phenoxy) is 1. The standard InChI is InChI=1S/C17H14F2O2/c1-12-4-2-6-16(17(12)19)21-11-14-8-7-13(5-3-9-20)10-15(14)18/h2,4,6-8,10,20H,9,11H2,1H3. The van der Waals surface area contributed by atoms with Crippen molar-refractivity contribution in [1.29, 1.82) is 0 Å². The summed E-state index contributed by atoms with van der Waals surface area (Å²) in [7, 11) is 0. The van der Waals surface area contributed by atoms with Gasteiger partial charge >= 0.3 is 0 Å². The van der Waals surface area contributed by atoms with Crippen molar-refractivity contribution in [3.8, 4) is 17.6 Å². The normalized spacial score (nSPS) is 9.90. The Bertz CT molecular complexity index is 700. The van der Waals surface area contributed by atoms with Crippen molar-refractivity contribution in [3.63, 3.8) is 0 Å². The fraction of sp³-hybridized carbons (Fsp3) is 0.176. The van der Waals surface area contributed by atoms with Gasteiger partial charge < -0.3 is 9.84 Å². The molecule has 0 aliphatic heterocycles. The second-order valence-electron chi connectivity index (χ2n) is 4.44. The molecule has 4 heteroatoms. The van der Waals surface area contributed by atoms with Gasteiger partial charge in [-0.25, -0.2) is 8.78 Å². The van der Waals surface area contributed by atoms with Crippen LogP contribution in [0.2, 0.25) is 0 Å². The molecule has 0 heterocycles. The molecule has 0 unspecified atom stereocenters. The van der Waals surface area contributed by atoms with Crippen molar-refractivity contribution in [2.24, 2.45) is 0 Å². The summed E-state index contributed by atoms with van der Waals surface area (Å²) >= 11 is 0. The van der Waals surface area contributed by atoms with Gasteiger partial charge in [-0.3, -0.25) is 0 Å². The van der Waals surface area contributed by atoms with Crippen molar-refractivity contribution in [2.75, 3.05) is 6.61 Å². The molecular weight excluding hydrogens is 274 g/mol. The largest absolute Gasteiger partial charge is 0.486 e. The molecule has 21 heavy (non-hydrogen) atoms. The Morgan fingerprint density at radius 2 is 2.00 bits per heavy atom. The monoisotopic (exact) mass is 288 g/mol. The van der Waals surface area contributed by atoms with E-state index in [1.54, 1.807) is 25.1 Å². The molecule has 2 rings (SSSR count). The zero-order valence-corrected chi connectivity index (χ0v) is 11.5. The maximum atomic E-state index is 13.9. The average Bonchev–Trinajstić information content (AvgIpc) is 2.48. The van der Waals surface area contributed by atoms with Crippen LogP contribution in [0, 0.1) is 30.4 Å². The first kappa shape index (κ1) is 15.0. The van der Waals surface area contributed by atoms with Crippen molar-refractivity contribution in [2.45, 2.75) is 13.5 Å². The van der Waals surface area contributed by atoms with Gasteiger partial charge in [-0.15, -0.1) is 0 Å². The third-order valence-electron chi connectivity index (χ3n) is 2.90. The maximum Gasteiger partial charge on any atom is 0.167 e. The lowest BCUT2D eigenvalue weighted by Gasteiger charge is -2.09. The molecule has 0 saturated heterocycles. The number of aliphatic hydroxyl groups excluding tert-OH is 1. The summed E-state index contributed by atoms with van der Waals surface area (Å²) < 4.78 is 32.9. The molecule has 0 saturated carbocycles. The minimum Gasteiger partial charge on any atom is -0.486 e. The summed E-state index contributed by atoms with van der Waals surface area (Å²) in [5.74, 6) is 4.23. The van der Waals surface area contributed by atoms with E-state index in [2.05, 4.69) is 11.8 Å². The van der Waals surface area contributed by atoms with E-state index in [1.165, 1.54) is 18.2 Å². The van der Waals surface area contributed by atoms with Gasteiger partial charge in [0.25, 0.3) is 0 Å². The minimum absolute atomic E-state index is 0.0695. The zero-order chi connectivity index (χ0) is 15.2. The first-order valence-electron chi connectivity index (χ1n) is 6.38. The molecule has 0 aliphatic rings. The van der Waals surface area contributed by atoms with E-state index in [9.17, 15) is 8.78 Å². The molecule has 0 aromatic heterocycles. The number of hydrogen-bond acceptors (Lipinski definition) is 2. The molecule has 0 aliphatic carbocycles. The summed E-state index contributed by atoms with van der Waals surface area (Å²) in [4.78, 5) is 0. The molecule has 0 amide bonds. The van der Waals surface area contributed by atoms with Gasteiger partial charge in [0.2, 0.25) is 0 Å². The predicted molar refractivity (Wildman–Crippen MR) is 75.8 cm³/mol. The van der Waals surface area contributed by atoms with E-state index in [0.29, 0.717) is 16.7 Å². The Morgan fingerprint density at radius 1 is 1.19 bits per heavy atom.